The van der Waals surface area contributed by atoms with Crippen LogP contribution in [0.2, 0.25) is 0 Å². The Morgan fingerprint density at radius 3 is 2.40 bits per heavy atom. The van der Waals surface area contributed by atoms with E-state index in [2.05, 4.69) is 10.1 Å². The fraction of sp³-hybridized carbons (Fsp3) is 0.190. The molecule has 1 aromatic heterocycles. The lowest BCUT2D eigenvalue weighted by atomic mass is 10.1. The number of hydrogen-bond acceptors (Lipinski definition) is 6. The molecule has 0 atom stereocenters. The average Bonchev–Trinajstić information content (AvgIpc) is 3.22. The van der Waals surface area contributed by atoms with Crippen LogP contribution < -0.4 is 4.74 Å². The number of aromatic nitrogens is 1. The van der Waals surface area contributed by atoms with Crippen LogP contribution in [0.25, 0.3) is 0 Å². The Labute approximate surface area is 174 Å². The van der Waals surface area contributed by atoms with Crippen LogP contribution in [-0.4, -0.2) is 23.1 Å². The zero-order valence-electron chi connectivity index (χ0n) is 15.8. The van der Waals surface area contributed by atoms with E-state index in [0.717, 1.165) is 5.56 Å². The van der Waals surface area contributed by atoms with Gasteiger partial charge < -0.3 is 9.57 Å². The fourth-order valence-corrected chi connectivity index (χ4v) is 3.07. The van der Waals surface area contributed by atoms with Crippen molar-refractivity contribution >= 4 is 22.8 Å². The van der Waals surface area contributed by atoms with Crippen LogP contribution in [0.15, 0.2) is 65.1 Å². The van der Waals surface area contributed by atoms with Gasteiger partial charge >= 0.3 is 6.18 Å². The molecule has 30 heavy (non-hydrogen) atoms. The highest BCUT2D eigenvalue weighted by molar-refractivity contribution is 7.09. The van der Waals surface area contributed by atoms with Crippen LogP contribution in [0, 0.1) is 0 Å². The van der Waals surface area contributed by atoms with E-state index in [1.165, 1.54) is 5.38 Å². The SMILES string of the molecule is C/C(=N\OCc1csc(C(F)(F)F)n1)c1ccc(OCC(=O)c2ccccc2)cc1. The van der Waals surface area contributed by atoms with Gasteiger partial charge in [-0.05, 0) is 36.8 Å². The number of rotatable bonds is 8. The number of carbonyl (C=O) groups is 1. The molecule has 0 unspecified atom stereocenters. The highest BCUT2D eigenvalue weighted by atomic mass is 32.1. The summed E-state index contributed by atoms with van der Waals surface area (Å²) in [5.41, 5.74) is 2.02. The smallest absolute Gasteiger partial charge is 0.443 e. The standard InChI is InChI=1S/C21H17F3N2O3S/c1-14(26-29-11-17-13-30-20(25-17)21(22,23)24)15-7-9-18(10-8-15)28-12-19(27)16-5-3-2-4-6-16/h2-10,13H,11-12H2,1H3/b26-14+. The van der Waals surface area contributed by atoms with Crippen LogP contribution in [-0.2, 0) is 17.6 Å². The van der Waals surface area contributed by atoms with Crippen molar-refractivity contribution in [1.29, 1.82) is 0 Å². The Bertz CT molecular complexity index is 1020. The molecule has 5 nitrogen and oxygen atoms in total. The summed E-state index contributed by atoms with van der Waals surface area (Å²) in [6, 6.07) is 15.7. The highest BCUT2D eigenvalue weighted by Gasteiger charge is 2.34. The van der Waals surface area contributed by atoms with Gasteiger partial charge in [-0.2, -0.15) is 13.2 Å². The maximum atomic E-state index is 12.5. The Morgan fingerprint density at radius 2 is 1.77 bits per heavy atom. The van der Waals surface area contributed by atoms with E-state index in [0.29, 0.717) is 28.4 Å². The fourth-order valence-electron chi connectivity index (χ4n) is 2.40. The number of nitrogens with zero attached hydrogens (tertiary/aromatic N) is 2. The number of hydrogen-bond donors (Lipinski definition) is 0. The summed E-state index contributed by atoms with van der Waals surface area (Å²) < 4.78 is 43.1. The molecule has 0 N–H and O–H groups in total. The largest absolute Gasteiger partial charge is 0.485 e. The van der Waals surface area contributed by atoms with Gasteiger partial charge in [0.25, 0.3) is 0 Å². The molecule has 0 saturated carbocycles. The average molecular weight is 434 g/mol. The van der Waals surface area contributed by atoms with E-state index in [9.17, 15) is 18.0 Å². The number of alkyl halides is 3. The molecule has 2 aromatic carbocycles. The summed E-state index contributed by atoms with van der Waals surface area (Å²) in [7, 11) is 0. The minimum atomic E-state index is -4.46. The Balaban J connectivity index is 1.51. The van der Waals surface area contributed by atoms with E-state index in [-0.39, 0.29) is 24.7 Å². The van der Waals surface area contributed by atoms with Crippen LogP contribution in [0.4, 0.5) is 13.2 Å². The van der Waals surface area contributed by atoms with Crippen molar-refractivity contribution in [3.63, 3.8) is 0 Å². The molecule has 0 spiro atoms. The molecule has 156 valence electrons. The third-order valence-corrected chi connectivity index (χ3v) is 4.88. The third kappa shape index (κ3) is 5.90. The molecule has 3 rings (SSSR count). The summed E-state index contributed by atoms with van der Waals surface area (Å²) in [4.78, 5) is 20.6. The molecule has 0 amide bonds. The Kier molecular flexibility index (Phi) is 6.83. The zero-order valence-corrected chi connectivity index (χ0v) is 16.7. The van der Waals surface area contributed by atoms with Gasteiger partial charge in [-0.25, -0.2) is 4.98 Å². The second-order valence-electron chi connectivity index (χ2n) is 6.19. The van der Waals surface area contributed by atoms with Crippen molar-refractivity contribution in [1.82, 2.24) is 4.98 Å². The minimum absolute atomic E-state index is 0.0763. The van der Waals surface area contributed by atoms with Crippen molar-refractivity contribution in [3.8, 4) is 5.75 Å². The highest BCUT2D eigenvalue weighted by Crippen LogP contribution is 2.31. The molecule has 0 aliphatic carbocycles. The Morgan fingerprint density at radius 1 is 1.07 bits per heavy atom. The van der Waals surface area contributed by atoms with E-state index >= 15 is 0 Å². The van der Waals surface area contributed by atoms with Crippen LogP contribution >= 0.6 is 11.3 Å². The van der Waals surface area contributed by atoms with E-state index in [4.69, 9.17) is 9.57 Å². The van der Waals surface area contributed by atoms with Gasteiger partial charge in [-0.3, -0.25) is 4.79 Å². The van der Waals surface area contributed by atoms with Gasteiger partial charge in [0.1, 0.15) is 5.75 Å². The number of ketones is 1. The minimum Gasteiger partial charge on any atom is -0.485 e. The molecule has 0 fully saturated rings. The first-order chi connectivity index (χ1) is 14.3. The molecule has 0 radical (unpaired) electrons. The van der Waals surface area contributed by atoms with Crippen LogP contribution in [0.1, 0.15) is 33.5 Å². The van der Waals surface area contributed by atoms with E-state index in [1.54, 1.807) is 55.5 Å². The maximum Gasteiger partial charge on any atom is 0.443 e. The molecule has 9 heteroatoms. The molecular formula is C21H17F3N2O3S. The van der Waals surface area contributed by atoms with Gasteiger partial charge in [0.15, 0.2) is 24.0 Å². The predicted molar refractivity (Wildman–Crippen MR) is 107 cm³/mol. The zero-order chi connectivity index (χ0) is 21.6. The lowest BCUT2D eigenvalue weighted by molar-refractivity contribution is -0.137. The van der Waals surface area contributed by atoms with E-state index < -0.39 is 11.2 Å². The molecule has 1 heterocycles. The lowest BCUT2D eigenvalue weighted by Gasteiger charge is -2.07. The number of carbonyl (C=O) groups excluding carboxylic acids is 1. The number of benzene rings is 2. The van der Waals surface area contributed by atoms with Gasteiger partial charge in [0.05, 0.1) is 11.4 Å². The molecule has 3 aromatic rings. The molecule has 0 saturated heterocycles. The maximum absolute atomic E-state index is 12.5. The molecule has 0 bridgehead atoms. The molecule has 0 aliphatic rings. The second-order valence-corrected chi connectivity index (χ2v) is 7.05. The van der Waals surface area contributed by atoms with Gasteiger partial charge in [0, 0.05) is 10.9 Å². The normalized spacial score (nSPS) is 11.9. The second kappa shape index (κ2) is 9.53. The molecular weight excluding hydrogens is 417 g/mol. The lowest BCUT2D eigenvalue weighted by Crippen LogP contribution is -2.11. The van der Waals surface area contributed by atoms with Crippen molar-refractivity contribution in [2.24, 2.45) is 5.16 Å². The molecule has 0 aliphatic heterocycles. The van der Waals surface area contributed by atoms with Crippen molar-refractivity contribution in [2.75, 3.05) is 6.61 Å². The van der Waals surface area contributed by atoms with Gasteiger partial charge in [-0.15, -0.1) is 11.3 Å². The monoisotopic (exact) mass is 434 g/mol. The Hall–Kier alpha value is -3.20. The number of thiazole rings is 1. The summed E-state index contributed by atoms with van der Waals surface area (Å²) in [5, 5.41) is 4.28. The number of Topliss-reactive ketones (excluding diaryl/α,β-unsaturated/α-hetero) is 1. The first-order valence-electron chi connectivity index (χ1n) is 8.82. The van der Waals surface area contributed by atoms with Crippen LogP contribution in [0.3, 0.4) is 0 Å². The summed E-state index contributed by atoms with van der Waals surface area (Å²) in [6.07, 6.45) is -4.46. The first-order valence-corrected chi connectivity index (χ1v) is 9.70. The number of ether oxygens (including phenoxy) is 1. The quantitative estimate of drug-likeness (QED) is 0.272. The number of halogens is 3. The topological polar surface area (TPSA) is 60.8 Å². The van der Waals surface area contributed by atoms with Crippen molar-refractivity contribution in [3.05, 3.63) is 81.8 Å². The third-order valence-electron chi connectivity index (χ3n) is 3.95. The first kappa shape index (κ1) is 21.5. The number of oxime groups is 1. The van der Waals surface area contributed by atoms with E-state index in [1.807, 2.05) is 6.07 Å². The van der Waals surface area contributed by atoms with Crippen molar-refractivity contribution < 1.29 is 27.5 Å². The predicted octanol–water partition coefficient (Wildman–Crippen LogP) is 5.36. The summed E-state index contributed by atoms with van der Waals surface area (Å²) in [6.45, 7) is 1.47. The van der Waals surface area contributed by atoms with Gasteiger partial charge in [0.2, 0.25) is 0 Å². The summed E-state index contributed by atoms with van der Waals surface area (Å²) in [5.74, 6) is 0.403. The van der Waals surface area contributed by atoms with Crippen molar-refractivity contribution in [2.45, 2.75) is 19.7 Å². The summed E-state index contributed by atoms with van der Waals surface area (Å²) >= 11 is 0.516. The van der Waals surface area contributed by atoms with Crippen LogP contribution in [0.5, 0.6) is 5.75 Å². The van der Waals surface area contributed by atoms with Gasteiger partial charge in [-0.1, -0.05) is 35.5 Å².